The Morgan fingerprint density at radius 2 is 2.33 bits per heavy atom. The zero-order valence-electron chi connectivity index (χ0n) is 9.48. The SMILES string of the molecule is CCC1CN(C2CCCC2C#N)CCO1. The fourth-order valence-electron chi connectivity index (χ4n) is 2.82. The van der Waals surface area contributed by atoms with Gasteiger partial charge in [-0.25, -0.2) is 0 Å². The van der Waals surface area contributed by atoms with Crippen molar-refractivity contribution in [3.8, 4) is 6.07 Å². The van der Waals surface area contributed by atoms with Crippen LogP contribution in [-0.4, -0.2) is 36.7 Å². The lowest BCUT2D eigenvalue weighted by Crippen LogP contribution is -2.48. The highest BCUT2D eigenvalue weighted by Crippen LogP contribution is 2.30. The van der Waals surface area contributed by atoms with E-state index < -0.39 is 0 Å². The molecule has 0 spiro atoms. The van der Waals surface area contributed by atoms with Crippen LogP contribution in [-0.2, 0) is 4.74 Å². The molecule has 3 atom stereocenters. The summed E-state index contributed by atoms with van der Waals surface area (Å²) in [5.41, 5.74) is 0. The molecule has 1 saturated carbocycles. The van der Waals surface area contributed by atoms with Gasteiger partial charge in [0.15, 0.2) is 0 Å². The largest absolute Gasteiger partial charge is 0.376 e. The molecular weight excluding hydrogens is 188 g/mol. The van der Waals surface area contributed by atoms with Gasteiger partial charge in [-0.2, -0.15) is 5.26 Å². The smallest absolute Gasteiger partial charge is 0.0700 e. The first-order chi connectivity index (χ1) is 7.35. The van der Waals surface area contributed by atoms with Gasteiger partial charge in [0.2, 0.25) is 0 Å². The first-order valence-electron chi connectivity index (χ1n) is 6.10. The van der Waals surface area contributed by atoms with Crippen LogP contribution in [0, 0.1) is 17.2 Å². The number of hydrogen-bond donors (Lipinski definition) is 0. The summed E-state index contributed by atoms with van der Waals surface area (Å²) >= 11 is 0. The van der Waals surface area contributed by atoms with E-state index in [9.17, 15) is 0 Å². The Hall–Kier alpha value is -0.590. The normalized spacial score (nSPS) is 37.7. The van der Waals surface area contributed by atoms with Crippen LogP contribution >= 0.6 is 0 Å². The second kappa shape index (κ2) is 4.96. The summed E-state index contributed by atoms with van der Waals surface area (Å²) in [6, 6.07) is 2.97. The van der Waals surface area contributed by atoms with Crippen LogP contribution in [0.25, 0.3) is 0 Å². The molecule has 0 N–H and O–H groups in total. The van der Waals surface area contributed by atoms with Crippen molar-refractivity contribution in [2.75, 3.05) is 19.7 Å². The van der Waals surface area contributed by atoms with Crippen LogP contribution < -0.4 is 0 Å². The molecule has 1 saturated heterocycles. The number of hydrogen-bond acceptors (Lipinski definition) is 3. The molecule has 2 rings (SSSR count). The molecule has 0 aromatic rings. The van der Waals surface area contributed by atoms with Crippen molar-refractivity contribution in [1.29, 1.82) is 5.26 Å². The number of nitrogens with zero attached hydrogens (tertiary/aromatic N) is 2. The Kier molecular flexibility index (Phi) is 3.61. The van der Waals surface area contributed by atoms with Crippen molar-refractivity contribution < 1.29 is 4.74 Å². The summed E-state index contributed by atoms with van der Waals surface area (Å²) < 4.78 is 5.66. The Balaban J connectivity index is 1.95. The predicted octanol–water partition coefficient (Wildman–Crippen LogP) is 1.79. The van der Waals surface area contributed by atoms with E-state index in [-0.39, 0.29) is 5.92 Å². The summed E-state index contributed by atoms with van der Waals surface area (Å²) in [5, 5.41) is 9.08. The maximum atomic E-state index is 9.08. The van der Waals surface area contributed by atoms with E-state index in [1.165, 1.54) is 12.8 Å². The molecule has 2 aliphatic rings. The summed E-state index contributed by atoms with van der Waals surface area (Å²) in [7, 11) is 0. The van der Waals surface area contributed by atoms with Gasteiger partial charge in [0.1, 0.15) is 0 Å². The first-order valence-corrected chi connectivity index (χ1v) is 6.10. The Labute approximate surface area is 92.0 Å². The molecule has 3 nitrogen and oxygen atoms in total. The summed E-state index contributed by atoms with van der Waals surface area (Å²) in [6.45, 7) is 5.05. The van der Waals surface area contributed by atoms with Gasteiger partial charge in [-0.05, 0) is 19.3 Å². The third kappa shape index (κ3) is 2.32. The average Bonchev–Trinajstić information content (AvgIpc) is 2.77. The monoisotopic (exact) mass is 208 g/mol. The molecule has 1 aliphatic carbocycles. The van der Waals surface area contributed by atoms with Gasteiger partial charge >= 0.3 is 0 Å². The lowest BCUT2D eigenvalue weighted by Gasteiger charge is -2.37. The van der Waals surface area contributed by atoms with Crippen LogP contribution in [0.4, 0.5) is 0 Å². The number of nitriles is 1. The molecule has 1 heterocycles. The van der Waals surface area contributed by atoms with Gasteiger partial charge in [-0.3, -0.25) is 4.90 Å². The molecule has 0 radical (unpaired) electrons. The first kappa shape index (κ1) is 10.9. The Morgan fingerprint density at radius 3 is 3.07 bits per heavy atom. The summed E-state index contributed by atoms with van der Waals surface area (Å²) in [5.74, 6) is 0.264. The summed E-state index contributed by atoms with van der Waals surface area (Å²) in [4.78, 5) is 2.48. The minimum atomic E-state index is 0.264. The molecule has 0 amide bonds. The van der Waals surface area contributed by atoms with Crippen LogP contribution in [0.2, 0.25) is 0 Å². The van der Waals surface area contributed by atoms with E-state index in [0.29, 0.717) is 12.1 Å². The predicted molar refractivity (Wildman–Crippen MR) is 58.3 cm³/mol. The third-order valence-electron chi connectivity index (χ3n) is 3.74. The number of morpholine rings is 1. The van der Waals surface area contributed by atoms with E-state index >= 15 is 0 Å². The number of rotatable bonds is 2. The number of ether oxygens (including phenoxy) is 1. The highest BCUT2D eigenvalue weighted by Gasteiger charge is 2.34. The maximum absolute atomic E-state index is 9.08. The zero-order valence-corrected chi connectivity index (χ0v) is 9.48. The van der Waals surface area contributed by atoms with E-state index in [2.05, 4.69) is 17.9 Å². The van der Waals surface area contributed by atoms with Crippen molar-refractivity contribution in [2.24, 2.45) is 5.92 Å². The van der Waals surface area contributed by atoms with Crippen LogP contribution in [0.15, 0.2) is 0 Å². The Morgan fingerprint density at radius 1 is 1.47 bits per heavy atom. The second-order valence-corrected chi connectivity index (χ2v) is 4.63. The molecule has 84 valence electrons. The van der Waals surface area contributed by atoms with Gasteiger partial charge in [0.25, 0.3) is 0 Å². The standard InChI is InChI=1S/C12H20N2O/c1-2-11-9-14(6-7-15-11)12-5-3-4-10(12)8-13/h10-12H,2-7,9H2,1H3. The molecule has 1 aliphatic heterocycles. The van der Waals surface area contributed by atoms with Gasteiger partial charge < -0.3 is 4.74 Å². The zero-order chi connectivity index (χ0) is 10.7. The molecular formula is C12H20N2O. The van der Waals surface area contributed by atoms with Gasteiger partial charge in [0, 0.05) is 19.1 Å². The van der Waals surface area contributed by atoms with Gasteiger partial charge in [0.05, 0.1) is 24.7 Å². The highest BCUT2D eigenvalue weighted by atomic mass is 16.5. The second-order valence-electron chi connectivity index (χ2n) is 4.63. The van der Waals surface area contributed by atoms with Crippen molar-refractivity contribution >= 4 is 0 Å². The van der Waals surface area contributed by atoms with Crippen molar-refractivity contribution in [1.82, 2.24) is 4.90 Å². The van der Waals surface area contributed by atoms with Crippen molar-refractivity contribution in [2.45, 2.75) is 44.8 Å². The van der Waals surface area contributed by atoms with Crippen LogP contribution in [0.1, 0.15) is 32.6 Å². The van der Waals surface area contributed by atoms with E-state index in [1.54, 1.807) is 0 Å². The molecule has 0 aromatic heterocycles. The molecule has 3 unspecified atom stereocenters. The molecule has 0 aromatic carbocycles. The fourth-order valence-corrected chi connectivity index (χ4v) is 2.82. The maximum Gasteiger partial charge on any atom is 0.0700 e. The van der Waals surface area contributed by atoms with E-state index in [1.807, 2.05) is 0 Å². The molecule has 3 heteroatoms. The van der Waals surface area contributed by atoms with Crippen molar-refractivity contribution in [3.05, 3.63) is 0 Å². The lowest BCUT2D eigenvalue weighted by molar-refractivity contribution is -0.0468. The van der Waals surface area contributed by atoms with Gasteiger partial charge in [-0.1, -0.05) is 13.3 Å². The minimum absolute atomic E-state index is 0.264. The van der Waals surface area contributed by atoms with E-state index in [4.69, 9.17) is 10.00 Å². The Bertz CT molecular complexity index is 248. The quantitative estimate of drug-likeness (QED) is 0.694. The minimum Gasteiger partial charge on any atom is -0.376 e. The summed E-state index contributed by atoms with van der Waals surface area (Å²) in [6.07, 6.45) is 4.99. The average molecular weight is 208 g/mol. The molecule has 2 fully saturated rings. The molecule has 0 bridgehead atoms. The topological polar surface area (TPSA) is 36.3 Å². The fraction of sp³-hybridized carbons (Fsp3) is 0.917. The van der Waals surface area contributed by atoms with Crippen LogP contribution in [0.5, 0.6) is 0 Å². The van der Waals surface area contributed by atoms with Crippen molar-refractivity contribution in [3.63, 3.8) is 0 Å². The molecule has 15 heavy (non-hydrogen) atoms. The van der Waals surface area contributed by atoms with Crippen LogP contribution in [0.3, 0.4) is 0 Å². The van der Waals surface area contributed by atoms with Gasteiger partial charge in [-0.15, -0.1) is 0 Å². The highest BCUT2D eigenvalue weighted by molar-refractivity contribution is 4.98. The third-order valence-corrected chi connectivity index (χ3v) is 3.74. The lowest BCUT2D eigenvalue weighted by atomic mass is 10.0. The van der Waals surface area contributed by atoms with E-state index in [0.717, 1.165) is 32.5 Å².